The number of nitrogens with one attached hydrogen (secondary N) is 1. The molecule has 1 rings (SSSR count). The summed E-state index contributed by atoms with van der Waals surface area (Å²) >= 11 is 0. The Kier molecular flexibility index (Phi) is 22.3. The zero-order chi connectivity index (χ0) is 20.6. The zero-order valence-corrected chi connectivity index (χ0v) is 23.3. The van der Waals surface area contributed by atoms with Gasteiger partial charge in [0.15, 0.2) is 0 Å². The third-order valence-corrected chi connectivity index (χ3v) is 5.07. The summed E-state index contributed by atoms with van der Waals surface area (Å²) in [6, 6.07) is 4.09. The number of unbranched alkanes of at least 4 members (excludes halogenated alkanes) is 12. The number of rotatable bonds is 17. The molecule has 5 nitrogen and oxygen atoms in total. The molecule has 1 aromatic carbocycles. The first-order valence-electron chi connectivity index (χ1n) is 10.9. The number of anilines is 1. The summed E-state index contributed by atoms with van der Waals surface area (Å²) in [6.07, 6.45) is 16.8. The molecule has 0 atom stereocenters. The maximum Gasteiger partial charge on any atom is 1.00 e. The number of aromatic carboxylic acids is 2. The van der Waals surface area contributed by atoms with E-state index in [9.17, 15) is 19.8 Å². The molecule has 0 aliphatic rings. The Morgan fingerprint density at radius 2 is 1.13 bits per heavy atom. The minimum atomic E-state index is -1.51. The minimum Gasteiger partial charge on any atom is -0.545 e. The van der Waals surface area contributed by atoms with E-state index in [0.717, 1.165) is 19.4 Å². The van der Waals surface area contributed by atoms with Gasteiger partial charge in [0.25, 0.3) is 0 Å². The molecule has 0 aliphatic heterocycles. The van der Waals surface area contributed by atoms with E-state index in [2.05, 4.69) is 12.2 Å². The summed E-state index contributed by atoms with van der Waals surface area (Å²) in [6.45, 7) is 2.98. The van der Waals surface area contributed by atoms with Crippen molar-refractivity contribution in [3.8, 4) is 0 Å². The van der Waals surface area contributed by atoms with E-state index in [0.29, 0.717) is 5.69 Å². The molecule has 0 spiro atoms. The number of hydrogen-bond acceptors (Lipinski definition) is 5. The monoisotopic (exact) mass is 435 g/mol. The second-order valence-electron chi connectivity index (χ2n) is 7.50. The van der Waals surface area contributed by atoms with Gasteiger partial charge >= 0.3 is 59.1 Å². The summed E-state index contributed by atoms with van der Waals surface area (Å²) in [5.74, 6) is -3.02. The molecule has 0 heterocycles. The smallest absolute Gasteiger partial charge is 0.545 e. The SMILES string of the molecule is CCCCCCCCCCCCCCCNc1ccc(C(=O)[O-])c(C(=O)[O-])c1.[Na+].[Na+]. The molecule has 7 heteroatoms. The van der Waals surface area contributed by atoms with Crippen LogP contribution in [0.5, 0.6) is 0 Å². The van der Waals surface area contributed by atoms with Crippen molar-refractivity contribution in [3.63, 3.8) is 0 Å². The summed E-state index contributed by atoms with van der Waals surface area (Å²) in [5, 5.41) is 25.1. The van der Waals surface area contributed by atoms with Crippen molar-refractivity contribution in [1.82, 2.24) is 0 Å². The maximum atomic E-state index is 11.0. The predicted molar refractivity (Wildman–Crippen MR) is 109 cm³/mol. The van der Waals surface area contributed by atoms with Crippen LogP contribution in [0.1, 0.15) is 111 Å². The van der Waals surface area contributed by atoms with Gasteiger partial charge in [0.2, 0.25) is 0 Å². The van der Waals surface area contributed by atoms with Crippen molar-refractivity contribution in [1.29, 1.82) is 0 Å². The largest absolute Gasteiger partial charge is 1.00 e. The van der Waals surface area contributed by atoms with Crippen LogP contribution in [0.3, 0.4) is 0 Å². The fourth-order valence-electron chi connectivity index (χ4n) is 3.38. The Labute approximate surface area is 226 Å². The first-order chi connectivity index (χ1) is 13.6. The summed E-state index contributed by atoms with van der Waals surface area (Å²) in [4.78, 5) is 22.0. The summed E-state index contributed by atoms with van der Waals surface area (Å²) < 4.78 is 0. The third kappa shape index (κ3) is 14.9. The number of benzene rings is 1. The van der Waals surface area contributed by atoms with Crippen LogP contribution in [-0.2, 0) is 0 Å². The number of carbonyl (C=O) groups is 2. The van der Waals surface area contributed by atoms with E-state index < -0.39 is 11.9 Å². The standard InChI is InChI=1S/C23H37NO4.2Na/c1-2-3-4-5-6-7-8-9-10-11-12-13-14-17-24-19-15-16-20(22(25)26)21(18-19)23(27)28;;/h15-16,18,24H,2-14,17H2,1H3,(H,25,26)(H,27,28);;/q;2*+1/p-2. The van der Waals surface area contributed by atoms with Crippen molar-refractivity contribution in [2.24, 2.45) is 0 Å². The number of carboxylic acids is 2. The van der Waals surface area contributed by atoms with Gasteiger partial charge in [-0.1, -0.05) is 90.0 Å². The molecule has 0 aliphatic carbocycles. The van der Waals surface area contributed by atoms with Crippen LogP contribution in [0.25, 0.3) is 0 Å². The molecule has 1 aromatic rings. The van der Waals surface area contributed by atoms with Crippen molar-refractivity contribution < 1.29 is 78.9 Å². The van der Waals surface area contributed by atoms with E-state index in [4.69, 9.17) is 0 Å². The van der Waals surface area contributed by atoms with E-state index in [-0.39, 0.29) is 70.2 Å². The average Bonchev–Trinajstić information content (AvgIpc) is 2.68. The second-order valence-corrected chi connectivity index (χ2v) is 7.50. The Morgan fingerprint density at radius 3 is 1.57 bits per heavy atom. The van der Waals surface area contributed by atoms with Crippen LogP contribution in [0.15, 0.2) is 18.2 Å². The van der Waals surface area contributed by atoms with E-state index in [1.165, 1.54) is 82.8 Å². The van der Waals surface area contributed by atoms with Gasteiger partial charge in [0.05, 0.1) is 11.9 Å². The molecular weight excluding hydrogens is 400 g/mol. The van der Waals surface area contributed by atoms with E-state index >= 15 is 0 Å². The molecular formula is C23H35NNa2O4. The molecule has 0 saturated heterocycles. The van der Waals surface area contributed by atoms with Crippen LogP contribution < -0.4 is 74.6 Å². The Bertz CT molecular complexity index is 597. The first kappa shape index (κ1) is 32.1. The molecule has 1 N–H and O–H groups in total. The maximum absolute atomic E-state index is 11.0. The molecule has 30 heavy (non-hydrogen) atoms. The fourth-order valence-corrected chi connectivity index (χ4v) is 3.38. The molecule has 0 fully saturated rings. The average molecular weight is 436 g/mol. The minimum absolute atomic E-state index is 0. The zero-order valence-electron chi connectivity index (χ0n) is 19.3. The molecule has 0 amide bonds. The molecule has 0 bridgehead atoms. The van der Waals surface area contributed by atoms with E-state index in [1.54, 1.807) is 6.07 Å². The normalized spacial score (nSPS) is 10.0. The van der Waals surface area contributed by atoms with Gasteiger partial charge in [-0.2, -0.15) is 0 Å². The van der Waals surface area contributed by atoms with Gasteiger partial charge in [-0.15, -0.1) is 0 Å². The van der Waals surface area contributed by atoms with E-state index in [1.807, 2.05) is 0 Å². The quantitative estimate of drug-likeness (QED) is 0.224. The van der Waals surface area contributed by atoms with Gasteiger partial charge in [0.1, 0.15) is 0 Å². The Morgan fingerprint density at radius 1 is 0.700 bits per heavy atom. The third-order valence-electron chi connectivity index (χ3n) is 5.07. The van der Waals surface area contributed by atoms with Crippen LogP contribution in [-0.4, -0.2) is 18.5 Å². The second kappa shape index (κ2) is 20.8. The molecule has 0 unspecified atom stereocenters. The number of carboxylic acid groups (broad SMARTS) is 2. The van der Waals surface area contributed by atoms with Crippen molar-refractivity contribution in [2.75, 3.05) is 11.9 Å². The summed E-state index contributed by atoms with van der Waals surface area (Å²) in [5.41, 5.74) is -0.120. The molecule has 0 aromatic heterocycles. The van der Waals surface area contributed by atoms with Crippen molar-refractivity contribution in [3.05, 3.63) is 29.3 Å². The van der Waals surface area contributed by atoms with Crippen LogP contribution in [0, 0.1) is 0 Å². The van der Waals surface area contributed by atoms with Gasteiger partial charge < -0.3 is 25.1 Å². The summed E-state index contributed by atoms with van der Waals surface area (Å²) in [7, 11) is 0. The van der Waals surface area contributed by atoms with Crippen molar-refractivity contribution in [2.45, 2.75) is 90.4 Å². The van der Waals surface area contributed by atoms with Crippen LogP contribution in [0.2, 0.25) is 0 Å². The topological polar surface area (TPSA) is 92.3 Å². The van der Waals surface area contributed by atoms with Crippen LogP contribution >= 0.6 is 0 Å². The predicted octanol–water partition coefficient (Wildman–Crippen LogP) is -2.08. The van der Waals surface area contributed by atoms with Gasteiger partial charge in [-0.25, -0.2) is 0 Å². The number of hydrogen-bond donors (Lipinski definition) is 1. The molecule has 158 valence electrons. The first-order valence-corrected chi connectivity index (χ1v) is 10.9. The van der Waals surface area contributed by atoms with Crippen molar-refractivity contribution >= 4 is 17.6 Å². The molecule has 0 radical (unpaired) electrons. The van der Waals surface area contributed by atoms with Gasteiger partial charge in [0, 0.05) is 23.4 Å². The molecule has 0 saturated carbocycles. The van der Waals surface area contributed by atoms with Crippen LogP contribution in [0.4, 0.5) is 5.69 Å². The van der Waals surface area contributed by atoms with Gasteiger partial charge in [-0.3, -0.25) is 0 Å². The number of carbonyl (C=O) groups excluding carboxylic acids is 2. The van der Waals surface area contributed by atoms with Gasteiger partial charge in [-0.05, 0) is 18.6 Å². The fraction of sp³-hybridized carbons (Fsp3) is 0.652. The Hall–Kier alpha value is -0.0400. The Balaban J connectivity index is 0.